The first-order valence-corrected chi connectivity index (χ1v) is 10.5. The SMILES string of the molecule is Cn1cc(-c2cccc(Oc3nccc(-c4cncnc4)n3)c2)c2nc3ccccc3cc21. The van der Waals surface area contributed by atoms with E-state index in [2.05, 4.69) is 48.9 Å². The zero-order chi connectivity index (χ0) is 22.2. The number of aromatic nitrogens is 6. The van der Waals surface area contributed by atoms with E-state index >= 15 is 0 Å². The lowest BCUT2D eigenvalue weighted by Gasteiger charge is -2.07. The Morgan fingerprint density at radius 3 is 2.64 bits per heavy atom. The highest BCUT2D eigenvalue weighted by Crippen LogP contribution is 2.33. The standard InChI is InChI=1S/C26H18N6O/c1-32-15-21(25-24(32)12-18-5-2-3-8-22(18)30-25)17-6-4-7-20(11-17)33-26-29-10-9-23(31-26)19-13-27-16-28-14-19/h2-16H,1H3. The topological polar surface area (TPSA) is 78.6 Å². The van der Waals surface area contributed by atoms with Gasteiger partial charge in [-0.2, -0.15) is 4.98 Å². The summed E-state index contributed by atoms with van der Waals surface area (Å²) in [5.41, 5.74) is 6.55. The van der Waals surface area contributed by atoms with Crippen LogP contribution in [-0.2, 0) is 7.05 Å². The molecule has 0 radical (unpaired) electrons. The summed E-state index contributed by atoms with van der Waals surface area (Å²) in [7, 11) is 2.04. The smallest absolute Gasteiger partial charge is 0.322 e. The summed E-state index contributed by atoms with van der Waals surface area (Å²) >= 11 is 0. The van der Waals surface area contributed by atoms with E-state index in [1.165, 1.54) is 6.33 Å². The number of hydrogen-bond donors (Lipinski definition) is 0. The summed E-state index contributed by atoms with van der Waals surface area (Å²) in [5, 5.41) is 1.12. The molecule has 0 bridgehead atoms. The zero-order valence-corrected chi connectivity index (χ0v) is 17.8. The van der Waals surface area contributed by atoms with Gasteiger partial charge >= 0.3 is 6.01 Å². The van der Waals surface area contributed by atoms with Crippen molar-refractivity contribution in [1.82, 2.24) is 29.5 Å². The van der Waals surface area contributed by atoms with Crippen molar-refractivity contribution in [1.29, 1.82) is 0 Å². The van der Waals surface area contributed by atoms with Crippen LogP contribution in [-0.4, -0.2) is 29.5 Å². The van der Waals surface area contributed by atoms with Gasteiger partial charge in [0.05, 0.1) is 22.2 Å². The van der Waals surface area contributed by atoms with Crippen molar-refractivity contribution in [3.05, 3.63) is 91.8 Å². The van der Waals surface area contributed by atoms with Gasteiger partial charge in [-0.15, -0.1) is 0 Å². The molecule has 0 aliphatic rings. The molecule has 4 heterocycles. The van der Waals surface area contributed by atoms with Crippen LogP contribution in [0, 0.1) is 0 Å². The van der Waals surface area contributed by atoms with Crippen molar-refractivity contribution < 1.29 is 4.74 Å². The molecule has 6 aromatic rings. The Hall–Kier alpha value is -4.65. The Bertz CT molecular complexity index is 1610. The molecule has 0 saturated heterocycles. The van der Waals surface area contributed by atoms with Crippen molar-refractivity contribution in [2.75, 3.05) is 0 Å². The van der Waals surface area contributed by atoms with E-state index < -0.39 is 0 Å². The fourth-order valence-electron chi connectivity index (χ4n) is 3.92. The van der Waals surface area contributed by atoms with Crippen molar-refractivity contribution in [3.63, 3.8) is 0 Å². The van der Waals surface area contributed by atoms with Crippen LogP contribution in [0.2, 0.25) is 0 Å². The van der Waals surface area contributed by atoms with E-state index in [4.69, 9.17) is 9.72 Å². The summed E-state index contributed by atoms with van der Waals surface area (Å²) in [6, 6.07) is 20.3. The minimum absolute atomic E-state index is 0.260. The molecule has 0 amide bonds. The first-order chi connectivity index (χ1) is 16.2. The summed E-state index contributed by atoms with van der Waals surface area (Å²) in [6.07, 6.45) is 8.66. The molecule has 7 nitrogen and oxygen atoms in total. The number of hydrogen-bond acceptors (Lipinski definition) is 6. The fraction of sp³-hybridized carbons (Fsp3) is 0.0385. The number of benzene rings is 2. The number of para-hydroxylation sites is 1. The zero-order valence-electron chi connectivity index (χ0n) is 17.8. The van der Waals surface area contributed by atoms with Crippen LogP contribution in [0.4, 0.5) is 0 Å². The molecule has 7 heteroatoms. The monoisotopic (exact) mass is 430 g/mol. The molecule has 0 fully saturated rings. The van der Waals surface area contributed by atoms with Crippen LogP contribution in [0.25, 0.3) is 44.3 Å². The molecule has 0 aliphatic heterocycles. The quantitative estimate of drug-likeness (QED) is 0.371. The largest absolute Gasteiger partial charge is 0.424 e. The van der Waals surface area contributed by atoms with E-state index in [1.54, 1.807) is 24.7 Å². The number of pyridine rings is 1. The number of fused-ring (bicyclic) bond motifs is 2. The average molecular weight is 430 g/mol. The van der Waals surface area contributed by atoms with Gasteiger partial charge in [0, 0.05) is 48.3 Å². The normalized spacial score (nSPS) is 11.2. The Balaban J connectivity index is 1.37. The third-order valence-electron chi connectivity index (χ3n) is 5.51. The van der Waals surface area contributed by atoms with E-state index in [0.29, 0.717) is 11.4 Å². The van der Waals surface area contributed by atoms with Crippen LogP contribution < -0.4 is 4.74 Å². The van der Waals surface area contributed by atoms with Gasteiger partial charge in [0.2, 0.25) is 0 Å². The summed E-state index contributed by atoms with van der Waals surface area (Å²) in [4.78, 5) is 21.8. The van der Waals surface area contributed by atoms with Crippen LogP contribution in [0.1, 0.15) is 0 Å². The highest BCUT2D eigenvalue weighted by Gasteiger charge is 2.13. The van der Waals surface area contributed by atoms with Crippen molar-refractivity contribution in [3.8, 4) is 34.1 Å². The lowest BCUT2D eigenvalue weighted by Crippen LogP contribution is -1.94. The lowest BCUT2D eigenvalue weighted by molar-refractivity contribution is 0.442. The second-order valence-electron chi connectivity index (χ2n) is 7.68. The average Bonchev–Trinajstić information content (AvgIpc) is 3.19. The molecule has 0 spiro atoms. The molecule has 0 unspecified atom stereocenters. The van der Waals surface area contributed by atoms with Gasteiger partial charge in [-0.3, -0.25) is 0 Å². The Morgan fingerprint density at radius 1 is 0.848 bits per heavy atom. The van der Waals surface area contributed by atoms with Gasteiger partial charge in [-0.1, -0.05) is 30.3 Å². The summed E-state index contributed by atoms with van der Waals surface area (Å²) < 4.78 is 8.10. The lowest BCUT2D eigenvalue weighted by atomic mass is 10.1. The molecule has 0 atom stereocenters. The molecular formula is C26H18N6O. The van der Waals surface area contributed by atoms with Crippen LogP contribution in [0.3, 0.4) is 0 Å². The third kappa shape index (κ3) is 3.55. The van der Waals surface area contributed by atoms with E-state index in [1.807, 2.05) is 43.4 Å². The predicted octanol–water partition coefficient (Wildman–Crippen LogP) is 5.43. The second kappa shape index (κ2) is 7.80. The first kappa shape index (κ1) is 19.1. The maximum Gasteiger partial charge on any atom is 0.322 e. The third-order valence-corrected chi connectivity index (χ3v) is 5.51. The Morgan fingerprint density at radius 2 is 1.73 bits per heavy atom. The molecule has 0 N–H and O–H groups in total. The van der Waals surface area contributed by atoms with E-state index in [-0.39, 0.29) is 6.01 Å². The minimum atomic E-state index is 0.260. The second-order valence-corrected chi connectivity index (χ2v) is 7.68. The van der Waals surface area contributed by atoms with Gasteiger partial charge < -0.3 is 9.30 Å². The molecule has 4 aromatic heterocycles. The predicted molar refractivity (Wildman–Crippen MR) is 127 cm³/mol. The van der Waals surface area contributed by atoms with Gasteiger partial charge in [-0.05, 0) is 35.9 Å². The molecule has 0 aliphatic carbocycles. The van der Waals surface area contributed by atoms with Crippen molar-refractivity contribution in [2.45, 2.75) is 0 Å². The molecule has 6 rings (SSSR count). The minimum Gasteiger partial charge on any atom is -0.424 e. The highest BCUT2D eigenvalue weighted by molar-refractivity contribution is 5.99. The number of aryl methyl sites for hydroxylation is 1. The Kier molecular flexibility index (Phi) is 4.51. The van der Waals surface area contributed by atoms with E-state index in [9.17, 15) is 0 Å². The van der Waals surface area contributed by atoms with Gasteiger partial charge in [-0.25, -0.2) is 19.9 Å². The molecular weight excluding hydrogens is 412 g/mol. The molecule has 33 heavy (non-hydrogen) atoms. The molecule has 0 saturated carbocycles. The van der Waals surface area contributed by atoms with Gasteiger partial charge in [0.25, 0.3) is 0 Å². The van der Waals surface area contributed by atoms with E-state index in [0.717, 1.165) is 38.6 Å². The van der Waals surface area contributed by atoms with Gasteiger partial charge in [0.15, 0.2) is 0 Å². The number of rotatable bonds is 4. The summed E-state index contributed by atoms with van der Waals surface area (Å²) in [6.45, 7) is 0. The van der Waals surface area contributed by atoms with Gasteiger partial charge in [0.1, 0.15) is 12.1 Å². The van der Waals surface area contributed by atoms with Crippen molar-refractivity contribution >= 4 is 21.9 Å². The molecule has 2 aromatic carbocycles. The highest BCUT2D eigenvalue weighted by atomic mass is 16.5. The van der Waals surface area contributed by atoms with Crippen molar-refractivity contribution in [2.24, 2.45) is 7.05 Å². The van der Waals surface area contributed by atoms with Crippen LogP contribution in [0.15, 0.2) is 91.8 Å². The Labute approximate surface area is 189 Å². The van der Waals surface area contributed by atoms with Crippen LogP contribution >= 0.6 is 0 Å². The maximum absolute atomic E-state index is 6.00. The maximum atomic E-state index is 6.00. The molecule has 158 valence electrons. The fourth-order valence-corrected chi connectivity index (χ4v) is 3.92. The van der Waals surface area contributed by atoms with Crippen LogP contribution in [0.5, 0.6) is 11.8 Å². The summed E-state index contributed by atoms with van der Waals surface area (Å²) in [5.74, 6) is 0.645. The first-order valence-electron chi connectivity index (χ1n) is 10.5. The number of nitrogens with zero attached hydrogens (tertiary/aromatic N) is 6. The number of ether oxygens (including phenoxy) is 1.